The molecule has 1 fully saturated rings. The van der Waals surface area contributed by atoms with Crippen LogP contribution >= 0.6 is 11.6 Å². The second-order valence-electron chi connectivity index (χ2n) is 7.95. The molecule has 32 heavy (non-hydrogen) atoms. The second kappa shape index (κ2) is 8.63. The zero-order valence-corrected chi connectivity index (χ0v) is 18.3. The van der Waals surface area contributed by atoms with Crippen LogP contribution in [0.5, 0.6) is 5.75 Å². The lowest BCUT2D eigenvalue weighted by molar-refractivity contribution is -0.149. The lowest BCUT2D eigenvalue weighted by atomic mass is 9.74. The summed E-state index contributed by atoms with van der Waals surface area (Å²) in [7, 11) is 1.43. The van der Waals surface area contributed by atoms with Crippen LogP contribution < -0.4 is 4.74 Å². The fourth-order valence-corrected chi connectivity index (χ4v) is 4.41. The van der Waals surface area contributed by atoms with Gasteiger partial charge in [-0.25, -0.2) is 9.97 Å². The number of rotatable bonds is 6. The van der Waals surface area contributed by atoms with Gasteiger partial charge in [-0.15, -0.1) is 0 Å². The first kappa shape index (κ1) is 20.5. The van der Waals surface area contributed by atoms with Crippen LogP contribution in [-0.2, 0) is 16.1 Å². The fraction of sp³-hybridized carbons (Fsp3) is 0.240. The number of hydrogen-bond donors (Lipinski definition) is 0. The van der Waals surface area contributed by atoms with Crippen molar-refractivity contribution in [3.63, 3.8) is 0 Å². The van der Waals surface area contributed by atoms with Crippen molar-refractivity contribution in [3.05, 3.63) is 83.5 Å². The van der Waals surface area contributed by atoms with E-state index in [1.165, 1.54) is 7.11 Å². The molecule has 1 aliphatic carbocycles. The Labute approximate surface area is 190 Å². The Bertz CT molecular complexity index is 1270. The molecule has 0 spiro atoms. The Balaban J connectivity index is 1.46. The molecule has 4 aromatic rings. The molecule has 6 nitrogen and oxygen atoms in total. The number of methoxy groups -OCH3 is 1. The van der Waals surface area contributed by atoms with Gasteiger partial charge in [0.1, 0.15) is 23.7 Å². The zero-order valence-electron chi connectivity index (χ0n) is 17.6. The van der Waals surface area contributed by atoms with Gasteiger partial charge in [-0.05, 0) is 30.5 Å². The van der Waals surface area contributed by atoms with Crippen LogP contribution in [0.1, 0.15) is 30.1 Å². The molecule has 0 aliphatic heterocycles. The van der Waals surface area contributed by atoms with E-state index in [0.717, 1.165) is 33.9 Å². The Morgan fingerprint density at radius 1 is 1.16 bits per heavy atom. The van der Waals surface area contributed by atoms with Gasteiger partial charge < -0.3 is 9.47 Å². The predicted octanol–water partition coefficient (Wildman–Crippen LogP) is 5.30. The molecule has 1 aliphatic rings. The van der Waals surface area contributed by atoms with Crippen molar-refractivity contribution in [1.29, 1.82) is 0 Å². The SMILES string of the molecule is COC(=O)C1CC(c2nc(-c3cccc(OCc4ccccc4)c3)c3c(Cl)nccn23)C1. The fourth-order valence-electron chi connectivity index (χ4n) is 4.18. The minimum atomic E-state index is -0.162. The smallest absolute Gasteiger partial charge is 0.308 e. The third-order valence-electron chi connectivity index (χ3n) is 5.93. The van der Waals surface area contributed by atoms with E-state index >= 15 is 0 Å². The van der Waals surface area contributed by atoms with Crippen molar-refractivity contribution in [1.82, 2.24) is 14.4 Å². The van der Waals surface area contributed by atoms with E-state index in [0.29, 0.717) is 24.6 Å². The van der Waals surface area contributed by atoms with E-state index in [2.05, 4.69) is 4.98 Å². The van der Waals surface area contributed by atoms with Crippen molar-refractivity contribution in [3.8, 4) is 17.0 Å². The lowest BCUT2D eigenvalue weighted by Gasteiger charge is -2.32. The topological polar surface area (TPSA) is 65.7 Å². The first-order valence-electron chi connectivity index (χ1n) is 10.5. The van der Waals surface area contributed by atoms with E-state index in [-0.39, 0.29) is 17.8 Å². The quantitative estimate of drug-likeness (QED) is 0.375. The molecule has 0 bridgehead atoms. The number of halogens is 1. The maximum absolute atomic E-state index is 11.8. The highest BCUT2D eigenvalue weighted by molar-refractivity contribution is 6.33. The molecule has 5 rings (SSSR count). The third kappa shape index (κ3) is 3.82. The molecule has 0 N–H and O–H groups in total. The summed E-state index contributed by atoms with van der Waals surface area (Å²) < 4.78 is 12.9. The Morgan fingerprint density at radius 2 is 1.97 bits per heavy atom. The summed E-state index contributed by atoms with van der Waals surface area (Å²) in [5, 5.41) is 0.390. The zero-order chi connectivity index (χ0) is 22.1. The lowest BCUT2D eigenvalue weighted by Crippen LogP contribution is -2.31. The summed E-state index contributed by atoms with van der Waals surface area (Å²) in [6, 6.07) is 17.9. The maximum Gasteiger partial charge on any atom is 0.308 e. The molecule has 0 saturated heterocycles. The first-order chi connectivity index (χ1) is 15.6. The highest BCUT2D eigenvalue weighted by Crippen LogP contribution is 2.43. The summed E-state index contributed by atoms with van der Waals surface area (Å²) in [6.07, 6.45) is 4.96. The minimum Gasteiger partial charge on any atom is -0.489 e. The van der Waals surface area contributed by atoms with Gasteiger partial charge in [0, 0.05) is 23.9 Å². The van der Waals surface area contributed by atoms with Gasteiger partial charge in [0.2, 0.25) is 0 Å². The number of ether oxygens (including phenoxy) is 2. The highest BCUT2D eigenvalue weighted by atomic mass is 35.5. The van der Waals surface area contributed by atoms with Gasteiger partial charge in [-0.2, -0.15) is 0 Å². The van der Waals surface area contributed by atoms with Gasteiger partial charge >= 0.3 is 5.97 Å². The van der Waals surface area contributed by atoms with Gasteiger partial charge in [0.25, 0.3) is 0 Å². The van der Waals surface area contributed by atoms with Gasteiger partial charge in [-0.3, -0.25) is 9.20 Å². The van der Waals surface area contributed by atoms with Crippen LogP contribution in [0.3, 0.4) is 0 Å². The van der Waals surface area contributed by atoms with Crippen LogP contribution in [-0.4, -0.2) is 27.4 Å². The molecule has 7 heteroatoms. The molecule has 162 valence electrons. The summed E-state index contributed by atoms with van der Waals surface area (Å²) >= 11 is 6.50. The van der Waals surface area contributed by atoms with Crippen molar-refractivity contribution in [2.75, 3.05) is 7.11 Å². The number of carbonyl (C=O) groups excluding carboxylic acids is 1. The summed E-state index contributed by atoms with van der Waals surface area (Å²) in [5.74, 6) is 1.56. The first-order valence-corrected chi connectivity index (χ1v) is 10.9. The standard InChI is InChI=1S/C25H22ClN3O3/c1-31-25(30)19-12-18(13-19)24-28-21(22-23(26)27-10-11-29(22)24)17-8-5-9-20(14-17)32-15-16-6-3-2-4-7-16/h2-11,14,18-19H,12-13,15H2,1H3. The van der Waals surface area contributed by atoms with Gasteiger partial charge in [0.05, 0.1) is 18.7 Å². The van der Waals surface area contributed by atoms with E-state index in [1.807, 2.05) is 65.2 Å². The number of hydrogen-bond acceptors (Lipinski definition) is 5. The third-order valence-corrected chi connectivity index (χ3v) is 6.21. The van der Waals surface area contributed by atoms with Crippen molar-refractivity contribution in [2.24, 2.45) is 5.92 Å². The van der Waals surface area contributed by atoms with Crippen LogP contribution in [0.15, 0.2) is 67.0 Å². The molecule has 0 amide bonds. The number of aromatic nitrogens is 3. The van der Waals surface area contributed by atoms with Crippen molar-refractivity contribution in [2.45, 2.75) is 25.4 Å². The summed E-state index contributed by atoms with van der Waals surface area (Å²) in [6.45, 7) is 0.485. The number of nitrogens with zero attached hydrogens (tertiary/aromatic N) is 3. The number of fused-ring (bicyclic) bond motifs is 1. The van der Waals surface area contributed by atoms with E-state index in [9.17, 15) is 4.79 Å². The Kier molecular flexibility index (Phi) is 5.53. The Morgan fingerprint density at radius 3 is 2.75 bits per heavy atom. The highest BCUT2D eigenvalue weighted by Gasteiger charge is 2.39. The number of esters is 1. The van der Waals surface area contributed by atoms with Gasteiger partial charge in [0.15, 0.2) is 5.15 Å². The van der Waals surface area contributed by atoms with Crippen LogP contribution in [0.2, 0.25) is 5.15 Å². The predicted molar refractivity (Wildman–Crippen MR) is 122 cm³/mol. The Hall–Kier alpha value is -3.38. The normalized spacial score (nSPS) is 17.7. The largest absolute Gasteiger partial charge is 0.489 e. The molecule has 0 radical (unpaired) electrons. The molecule has 0 atom stereocenters. The maximum atomic E-state index is 11.8. The molecular weight excluding hydrogens is 426 g/mol. The molecule has 0 unspecified atom stereocenters. The van der Waals surface area contributed by atoms with E-state index in [1.54, 1.807) is 6.20 Å². The van der Waals surface area contributed by atoms with Crippen molar-refractivity contribution >= 4 is 23.1 Å². The van der Waals surface area contributed by atoms with E-state index < -0.39 is 0 Å². The number of imidazole rings is 1. The molecule has 2 aromatic carbocycles. The molecule has 2 heterocycles. The minimum absolute atomic E-state index is 0.0761. The van der Waals surface area contributed by atoms with Crippen LogP contribution in [0.4, 0.5) is 0 Å². The van der Waals surface area contributed by atoms with Crippen molar-refractivity contribution < 1.29 is 14.3 Å². The van der Waals surface area contributed by atoms with Crippen LogP contribution in [0.25, 0.3) is 16.8 Å². The number of benzene rings is 2. The molecule has 1 saturated carbocycles. The molecular formula is C25H22ClN3O3. The monoisotopic (exact) mass is 447 g/mol. The average molecular weight is 448 g/mol. The molecule has 2 aromatic heterocycles. The summed E-state index contributed by atoms with van der Waals surface area (Å²) in [5.41, 5.74) is 3.51. The second-order valence-corrected chi connectivity index (χ2v) is 8.30. The van der Waals surface area contributed by atoms with Gasteiger partial charge in [-0.1, -0.05) is 54.1 Å². The average Bonchev–Trinajstić information content (AvgIpc) is 3.18. The van der Waals surface area contributed by atoms with E-state index in [4.69, 9.17) is 26.1 Å². The number of carbonyl (C=O) groups is 1. The van der Waals surface area contributed by atoms with Crippen LogP contribution in [0, 0.1) is 5.92 Å². The summed E-state index contributed by atoms with van der Waals surface area (Å²) in [4.78, 5) is 21.0.